The van der Waals surface area contributed by atoms with Gasteiger partial charge in [0.2, 0.25) is 11.8 Å². The molecule has 0 aromatic heterocycles. The van der Waals surface area contributed by atoms with Crippen molar-refractivity contribution in [1.82, 2.24) is 0 Å². The van der Waals surface area contributed by atoms with Gasteiger partial charge < -0.3 is 10.1 Å². The van der Waals surface area contributed by atoms with Crippen LogP contribution in [0.3, 0.4) is 0 Å². The fourth-order valence-corrected chi connectivity index (χ4v) is 2.38. The minimum atomic E-state index is -0.264. The van der Waals surface area contributed by atoms with Crippen molar-refractivity contribution in [3.8, 4) is 5.75 Å². The highest BCUT2D eigenvalue weighted by Crippen LogP contribution is 2.27. The van der Waals surface area contributed by atoms with Gasteiger partial charge in [-0.1, -0.05) is 18.2 Å². The van der Waals surface area contributed by atoms with Gasteiger partial charge in [-0.15, -0.1) is 0 Å². The van der Waals surface area contributed by atoms with Crippen molar-refractivity contribution in [1.29, 1.82) is 0 Å². The van der Waals surface area contributed by atoms with Crippen molar-refractivity contribution in [3.05, 3.63) is 53.6 Å². The van der Waals surface area contributed by atoms with Crippen LogP contribution in [-0.2, 0) is 9.59 Å². The predicted molar refractivity (Wildman–Crippen MR) is 95.6 cm³/mol. The van der Waals surface area contributed by atoms with E-state index in [4.69, 9.17) is 4.74 Å². The number of hydrogen-bond acceptors (Lipinski definition) is 3. The van der Waals surface area contributed by atoms with Crippen LogP contribution in [0.25, 0.3) is 0 Å². The molecule has 0 spiro atoms. The van der Waals surface area contributed by atoms with Crippen LogP contribution >= 0.6 is 0 Å². The van der Waals surface area contributed by atoms with Crippen LogP contribution in [0, 0.1) is 13.8 Å². The Morgan fingerprint density at radius 1 is 1.08 bits per heavy atom. The first-order valence-corrected chi connectivity index (χ1v) is 7.70. The van der Waals surface area contributed by atoms with Crippen LogP contribution in [-0.4, -0.2) is 25.5 Å². The second-order valence-corrected chi connectivity index (χ2v) is 5.62. The van der Waals surface area contributed by atoms with Gasteiger partial charge in [-0.2, -0.15) is 0 Å². The summed E-state index contributed by atoms with van der Waals surface area (Å²) in [5, 5.41) is 2.83. The van der Waals surface area contributed by atoms with E-state index in [0.29, 0.717) is 17.1 Å². The fourth-order valence-electron chi connectivity index (χ4n) is 2.38. The van der Waals surface area contributed by atoms with Crippen molar-refractivity contribution in [3.63, 3.8) is 0 Å². The van der Waals surface area contributed by atoms with E-state index >= 15 is 0 Å². The van der Waals surface area contributed by atoms with E-state index in [9.17, 15) is 9.59 Å². The molecule has 24 heavy (non-hydrogen) atoms. The molecule has 0 heterocycles. The van der Waals surface area contributed by atoms with Gasteiger partial charge in [0.05, 0.1) is 12.8 Å². The Bertz CT molecular complexity index is 756. The van der Waals surface area contributed by atoms with E-state index in [0.717, 1.165) is 11.1 Å². The minimum Gasteiger partial charge on any atom is -0.495 e. The predicted octanol–water partition coefficient (Wildman–Crippen LogP) is 3.30. The second-order valence-electron chi connectivity index (χ2n) is 5.62. The molecule has 0 bridgehead atoms. The molecule has 0 aliphatic heterocycles. The smallest absolute Gasteiger partial charge is 0.244 e. The van der Waals surface area contributed by atoms with E-state index in [1.807, 2.05) is 38.1 Å². The third-order valence-electron chi connectivity index (χ3n) is 3.85. The number of anilines is 2. The van der Waals surface area contributed by atoms with Crippen LogP contribution in [0.4, 0.5) is 11.4 Å². The highest BCUT2D eigenvalue weighted by Gasteiger charge is 2.19. The number of methoxy groups -OCH3 is 1. The third-order valence-corrected chi connectivity index (χ3v) is 3.85. The Balaban J connectivity index is 2.17. The van der Waals surface area contributed by atoms with Crippen molar-refractivity contribution < 1.29 is 14.3 Å². The van der Waals surface area contributed by atoms with Crippen molar-refractivity contribution in [2.75, 3.05) is 23.9 Å². The first kappa shape index (κ1) is 17.5. The molecular weight excluding hydrogens is 304 g/mol. The maximum Gasteiger partial charge on any atom is 0.244 e. The van der Waals surface area contributed by atoms with Gasteiger partial charge in [0.1, 0.15) is 12.3 Å². The number of para-hydroxylation sites is 2. The maximum atomic E-state index is 12.4. The lowest BCUT2D eigenvalue weighted by Crippen LogP contribution is -2.36. The quantitative estimate of drug-likeness (QED) is 0.917. The molecule has 0 aliphatic rings. The van der Waals surface area contributed by atoms with Crippen LogP contribution in [0.1, 0.15) is 18.1 Å². The Morgan fingerprint density at radius 3 is 2.42 bits per heavy atom. The van der Waals surface area contributed by atoms with Crippen LogP contribution < -0.4 is 15.0 Å². The highest BCUT2D eigenvalue weighted by atomic mass is 16.5. The highest BCUT2D eigenvalue weighted by molar-refractivity contribution is 6.02. The Labute approximate surface area is 142 Å². The maximum absolute atomic E-state index is 12.4. The first-order valence-electron chi connectivity index (χ1n) is 7.70. The van der Waals surface area contributed by atoms with Crippen molar-refractivity contribution in [2.45, 2.75) is 20.8 Å². The number of aryl methyl sites for hydroxylation is 2. The zero-order valence-corrected chi connectivity index (χ0v) is 14.4. The lowest BCUT2D eigenvalue weighted by Gasteiger charge is -2.22. The van der Waals surface area contributed by atoms with E-state index < -0.39 is 0 Å². The normalized spacial score (nSPS) is 10.2. The summed E-state index contributed by atoms with van der Waals surface area (Å²) in [5.74, 6) is 0.0563. The SMILES string of the molecule is COc1ccccc1N(CC(=O)Nc1ccc(C)c(C)c1)C(C)=O. The number of carbonyl (C=O) groups is 2. The molecule has 5 nitrogen and oxygen atoms in total. The fraction of sp³-hybridized carbons (Fsp3) is 0.263. The molecule has 0 unspecified atom stereocenters. The summed E-state index contributed by atoms with van der Waals surface area (Å²) in [6, 6.07) is 12.8. The molecule has 0 atom stereocenters. The molecule has 2 aromatic carbocycles. The summed E-state index contributed by atoms with van der Waals surface area (Å²) >= 11 is 0. The molecular formula is C19H22N2O3. The van der Waals surface area contributed by atoms with E-state index in [-0.39, 0.29) is 18.4 Å². The lowest BCUT2D eigenvalue weighted by atomic mass is 10.1. The standard InChI is InChI=1S/C19H22N2O3/c1-13-9-10-16(11-14(13)2)20-19(23)12-21(15(3)22)17-7-5-6-8-18(17)24-4/h5-11H,12H2,1-4H3,(H,20,23). The summed E-state index contributed by atoms with van der Waals surface area (Å²) in [5.41, 5.74) is 3.54. The molecule has 2 rings (SSSR count). The molecule has 126 valence electrons. The molecule has 1 N–H and O–H groups in total. The third kappa shape index (κ3) is 4.13. The Kier molecular flexibility index (Phi) is 5.58. The molecule has 0 radical (unpaired) electrons. The van der Waals surface area contributed by atoms with E-state index in [2.05, 4.69) is 5.32 Å². The number of nitrogens with one attached hydrogen (secondary N) is 1. The number of carbonyl (C=O) groups excluding carboxylic acids is 2. The number of hydrogen-bond donors (Lipinski definition) is 1. The average Bonchev–Trinajstić information content (AvgIpc) is 2.56. The monoisotopic (exact) mass is 326 g/mol. The van der Waals surface area contributed by atoms with Gasteiger partial charge >= 0.3 is 0 Å². The zero-order chi connectivity index (χ0) is 17.7. The summed E-state index contributed by atoms with van der Waals surface area (Å²) < 4.78 is 5.28. The summed E-state index contributed by atoms with van der Waals surface area (Å²) in [6.07, 6.45) is 0. The van der Waals surface area contributed by atoms with E-state index in [1.54, 1.807) is 18.2 Å². The van der Waals surface area contributed by atoms with Gasteiger partial charge in [0.25, 0.3) is 0 Å². The molecule has 0 aliphatic carbocycles. The number of rotatable bonds is 5. The van der Waals surface area contributed by atoms with Crippen LogP contribution in [0.15, 0.2) is 42.5 Å². The van der Waals surface area contributed by atoms with Gasteiger partial charge in [0, 0.05) is 12.6 Å². The average molecular weight is 326 g/mol. The summed E-state index contributed by atoms with van der Waals surface area (Å²) in [7, 11) is 1.53. The van der Waals surface area contributed by atoms with Gasteiger partial charge in [-0.25, -0.2) is 0 Å². The number of amides is 2. The minimum absolute atomic E-state index is 0.0807. The van der Waals surface area contributed by atoms with Crippen LogP contribution in [0.5, 0.6) is 5.75 Å². The van der Waals surface area contributed by atoms with Crippen molar-refractivity contribution in [2.24, 2.45) is 0 Å². The Morgan fingerprint density at radius 2 is 1.79 bits per heavy atom. The van der Waals surface area contributed by atoms with Crippen molar-refractivity contribution >= 4 is 23.2 Å². The largest absolute Gasteiger partial charge is 0.495 e. The molecule has 2 aromatic rings. The molecule has 0 saturated heterocycles. The molecule has 0 fully saturated rings. The van der Waals surface area contributed by atoms with Crippen LogP contribution in [0.2, 0.25) is 0 Å². The van der Waals surface area contributed by atoms with E-state index in [1.165, 1.54) is 18.9 Å². The lowest BCUT2D eigenvalue weighted by molar-refractivity contribution is -0.120. The number of nitrogens with zero attached hydrogens (tertiary/aromatic N) is 1. The van der Waals surface area contributed by atoms with Gasteiger partial charge in [0.15, 0.2) is 0 Å². The Hall–Kier alpha value is -2.82. The molecule has 2 amide bonds. The summed E-state index contributed by atoms with van der Waals surface area (Å²) in [4.78, 5) is 25.7. The zero-order valence-electron chi connectivity index (χ0n) is 14.4. The topological polar surface area (TPSA) is 58.6 Å². The first-order chi connectivity index (χ1) is 11.4. The second kappa shape index (κ2) is 7.64. The van der Waals surface area contributed by atoms with Gasteiger partial charge in [-0.05, 0) is 49.2 Å². The molecule has 0 saturated carbocycles. The number of ether oxygens (including phenoxy) is 1. The summed E-state index contributed by atoms with van der Waals surface area (Å²) in [6.45, 7) is 5.35. The number of benzene rings is 2. The van der Waals surface area contributed by atoms with Gasteiger partial charge in [-0.3, -0.25) is 14.5 Å². The molecule has 5 heteroatoms.